The van der Waals surface area contributed by atoms with Crippen LogP contribution in [0.5, 0.6) is 0 Å². The van der Waals surface area contributed by atoms with Gasteiger partial charge in [0.2, 0.25) is 0 Å². The average Bonchev–Trinajstić information content (AvgIpc) is 2.33. The third kappa shape index (κ3) is 2.40. The lowest BCUT2D eigenvalue weighted by molar-refractivity contribution is 0.628. The van der Waals surface area contributed by atoms with E-state index in [2.05, 4.69) is 4.98 Å². The average molecular weight is 228 g/mol. The van der Waals surface area contributed by atoms with Gasteiger partial charge in [-0.15, -0.1) is 0 Å². The second-order valence-corrected chi connectivity index (χ2v) is 3.58. The van der Waals surface area contributed by atoms with Crippen LogP contribution in [0.25, 0.3) is 11.1 Å². The normalized spacial score (nSPS) is 9.88. The maximum Gasteiger partial charge on any atom is 0.252 e. The number of hydrogen-bond acceptors (Lipinski definition) is 2. The van der Waals surface area contributed by atoms with Gasteiger partial charge in [0.1, 0.15) is 5.82 Å². The Hall–Kier alpha value is -2.41. The molecule has 2 rings (SSSR count). The van der Waals surface area contributed by atoms with Gasteiger partial charge in [0.05, 0.1) is 12.5 Å². The Kier molecular flexibility index (Phi) is 3.01. The molecule has 1 aromatic heterocycles. The van der Waals surface area contributed by atoms with Crippen molar-refractivity contribution in [2.24, 2.45) is 0 Å². The van der Waals surface area contributed by atoms with E-state index in [1.165, 1.54) is 12.1 Å². The molecule has 0 saturated heterocycles. The summed E-state index contributed by atoms with van der Waals surface area (Å²) in [6, 6.07) is 9.53. The Morgan fingerprint density at radius 1 is 1.24 bits per heavy atom. The van der Waals surface area contributed by atoms with E-state index in [0.29, 0.717) is 5.56 Å². The minimum atomic E-state index is -0.310. The van der Waals surface area contributed by atoms with Crippen molar-refractivity contribution in [1.82, 2.24) is 4.98 Å². The predicted molar refractivity (Wildman–Crippen MR) is 61.8 cm³/mol. The minimum absolute atomic E-state index is 0.0599. The van der Waals surface area contributed by atoms with Gasteiger partial charge in [-0.1, -0.05) is 12.1 Å². The molecule has 84 valence electrons. The molecule has 0 spiro atoms. The Morgan fingerprint density at radius 3 is 2.59 bits per heavy atom. The van der Waals surface area contributed by atoms with Gasteiger partial charge in [0, 0.05) is 11.8 Å². The third-order valence-electron chi connectivity index (χ3n) is 2.43. The number of hydrogen-bond donors (Lipinski definition) is 1. The number of H-pyrrole nitrogens is 1. The molecule has 4 heteroatoms. The quantitative estimate of drug-likeness (QED) is 0.857. The van der Waals surface area contributed by atoms with E-state index in [0.717, 1.165) is 11.1 Å². The summed E-state index contributed by atoms with van der Waals surface area (Å²) in [6.45, 7) is 0. The van der Waals surface area contributed by atoms with Crippen molar-refractivity contribution in [2.75, 3.05) is 0 Å². The van der Waals surface area contributed by atoms with E-state index in [1.54, 1.807) is 24.4 Å². The summed E-state index contributed by atoms with van der Waals surface area (Å²) in [5, 5.41) is 8.59. The van der Waals surface area contributed by atoms with Gasteiger partial charge in [-0.25, -0.2) is 4.39 Å². The van der Waals surface area contributed by atoms with Gasteiger partial charge < -0.3 is 4.98 Å². The second kappa shape index (κ2) is 4.62. The van der Waals surface area contributed by atoms with E-state index < -0.39 is 0 Å². The van der Waals surface area contributed by atoms with E-state index in [1.807, 2.05) is 6.07 Å². The predicted octanol–water partition coefficient (Wildman–Crippen LogP) is 2.25. The first-order valence-electron chi connectivity index (χ1n) is 5.05. The number of nitrogens with one attached hydrogen (secondary N) is 1. The first-order valence-corrected chi connectivity index (χ1v) is 5.05. The maximum atomic E-state index is 12.8. The van der Waals surface area contributed by atoms with Crippen molar-refractivity contribution in [2.45, 2.75) is 6.42 Å². The number of benzene rings is 1. The lowest BCUT2D eigenvalue weighted by Crippen LogP contribution is -2.11. The van der Waals surface area contributed by atoms with Crippen LogP contribution in [0.1, 0.15) is 5.56 Å². The molecule has 1 heterocycles. The SMILES string of the molecule is N#CCc1cc(-c2ccc(F)cc2)c[nH]c1=O. The van der Waals surface area contributed by atoms with Crippen LogP contribution in [0.2, 0.25) is 0 Å². The Morgan fingerprint density at radius 2 is 1.94 bits per heavy atom. The fraction of sp³-hybridized carbons (Fsp3) is 0.0769. The third-order valence-corrected chi connectivity index (χ3v) is 2.43. The molecule has 0 unspecified atom stereocenters. The van der Waals surface area contributed by atoms with E-state index in [9.17, 15) is 9.18 Å². The first-order chi connectivity index (χ1) is 8.20. The summed E-state index contributed by atoms with van der Waals surface area (Å²) >= 11 is 0. The van der Waals surface area contributed by atoms with Crippen LogP contribution in [0, 0.1) is 17.1 Å². The molecule has 1 aromatic carbocycles. The van der Waals surface area contributed by atoms with E-state index in [-0.39, 0.29) is 17.8 Å². The summed E-state index contributed by atoms with van der Waals surface area (Å²) in [7, 11) is 0. The molecule has 0 aliphatic carbocycles. The highest BCUT2D eigenvalue weighted by molar-refractivity contribution is 5.62. The van der Waals surface area contributed by atoms with Crippen LogP contribution in [0.15, 0.2) is 41.3 Å². The van der Waals surface area contributed by atoms with Crippen LogP contribution in [-0.4, -0.2) is 4.98 Å². The van der Waals surface area contributed by atoms with Crippen LogP contribution < -0.4 is 5.56 Å². The molecule has 0 bridgehead atoms. The highest BCUT2D eigenvalue weighted by Crippen LogP contribution is 2.18. The first kappa shape index (κ1) is 11.1. The molecular formula is C13H9FN2O. The minimum Gasteiger partial charge on any atom is -0.328 e. The Balaban J connectivity index is 2.47. The molecular weight excluding hydrogens is 219 g/mol. The molecule has 17 heavy (non-hydrogen) atoms. The summed E-state index contributed by atoms with van der Waals surface area (Å²) in [5.41, 5.74) is 1.70. The number of rotatable bonds is 2. The zero-order valence-electron chi connectivity index (χ0n) is 8.90. The standard InChI is InChI=1S/C13H9FN2O/c14-12-3-1-9(2-4-12)11-7-10(5-6-15)13(17)16-8-11/h1-4,7-8H,5H2,(H,16,17). The zero-order valence-corrected chi connectivity index (χ0v) is 8.90. The molecule has 2 aromatic rings. The monoisotopic (exact) mass is 228 g/mol. The van der Waals surface area contributed by atoms with Crippen molar-refractivity contribution in [1.29, 1.82) is 5.26 Å². The van der Waals surface area contributed by atoms with Crippen molar-refractivity contribution in [3.05, 3.63) is 58.3 Å². The molecule has 0 saturated carbocycles. The number of pyridine rings is 1. The highest BCUT2D eigenvalue weighted by atomic mass is 19.1. The number of nitrogens with zero attached hydrogens (tertiary/aromatic N) is 1. The Labute approximate surface area is 97.2 Å². The molecule has 0 amide bonds. The highest BCUT2D eigenvalue weighted by Gasteiger charge is 2.03. The van der Waals surface area contributed by atoms with Gasteiger partial charge in [0.15, 0.2) is 0 Å². The van der Waals surface area contributed by atoms with Crippen LogP contribution in [-0.2, 0) is 6.42 Å². The maximum absolute atomic E-state index is 12.8. The fourth-order valence-corrected chi connectivity index (χ4v) is 1.56. The van der Waals surface area contributed by atoms with Crippen LogP contribution in [0.3, 0.4) is 0 Å². The number of nitriles is 1. The summed E-state index contributed by atoms with van der Waals surface area (Å²) in [5.74, 6) is -0.310. The smallest absolute Gasteiger partial charge is 0.252 e. The molecule has 0 atom stereocenters. The fourth-order valence-electron chi connectivity index (χ4n) is 1.56. The van der Waals surface area contributed by atoms with Gasteiger partial charge in [-0.3, -0.25) is 4.79 Å². The van der Waals surface area contributed by atoms with Gasteiger partial charge in [-0.05, 0) is 29.3 Å². The van der Waals surface area contributed by atoms with Crippen molar-refractivity contribution in [3.8, 4) is 17.2 Å². The molecule has 1 N–H and O–H groups in total. The van der Waals surface area contributed by atoms with Crippen molar-refractivity contribution >= 4 is 0 Å². The Bertz CT molecular complexity index is 623. The number of halogens is 1. The summed E-state index contributed by atoms with van der Waals surface area (Å²) in [4.78, 5) is 13.9. The van der Waals surface area contributed by atoms with Gasteiger partial charge >= 0.3 is 0 Å². The van der Waals surface area contributed by atoms with Gasteiger partial charge in [-0.2, -0.15) is 5.26 Å². The largest absolute Gasteiger partial charge is 0.328 e. The van der Waals surface area contributed by atoms with E-state index >= 15 is 0 Å². The number of aromatic amines is 1. The van der Waals surface area contributed by atoms with Gasteiger partial charge in [0.25, 0.3) is 5.56 Å². The lowest BCUT2D eigenvalue weighted by atomic mass is 10.1. The summed E-state index contributed by atoms with van der Waals surface area (Å²) < 4.78 is 12.8. The van der Waals surface area contributed by atoms with Crippen molar-refractivity contribution in [3.63, 3.8) is 0 Å². The zero-order chi connectivity index (χ0) is 12.3. The van der Waals surface area contributed by atoms with Crippen LogP contribution in [0.4, 0.5) is 4.39 Å². The van der Waals surface area contributed by atoms with Crippen LogP contribution >= 0.6 is 0 Å². The second-order valence-electron chi connectivity index (χ2n) is 3.58. The van der Waals surface area contributed by atoms with E-state index in [4.69, 9.17) is 5.26 Å². The molecule has 0 radical (unpaired) electrons. The lowest BCUT2D eigenvalue weighted by Gasteiger charge is -2.02. The summed E-state index contributed by atoms with van der Waals surface area (Å²) in [6.07, 6.45) is 1.61. The topological polar surface area (TPSA) is 56.6 Å². The molecule has 0 aliphatic rings. The molecule has 3 nitrogen and oxygen atoms in total. The number of aromatic nitrogens is 1. The molecule has 0 aliphatic heterocycles. The van der Waals surface area contributed by atoms with Crippen molar-refractivity contribution < 1.29 is 4.39 Å². The molecule has 0 fully saturated rings.